The molecule has 1 aromatic rings. The van der Waals surface area contributed by atoms with Gasteiger partial charge in [-0.05, 0) is 32.6 Å². The van der Waals surface area contributed by atoms with Gasteiger partial charge in [0, 0.05) is 19.6 Å². The second-order valence-corrected chi connectivity index (χ2v) is 4.75. The Morgan fingerprint density at radius 2 is 1.94 bits per heavy atom. The molecule has 0 aliphatic carbocycles. The standard InChI is InChI=1S/C13H21FN4/c1-3-7-15-12-11(14)10(2)16-13(17-12)18-8-5-4-6-9-18/h3-9H2,1-2H3,(H,15,16,17). The molecule has 0 spiro atoms. The number of rotatable bonds is 4. The van der Waals surface area contributed by atoms with Crippen molar-refractivity contribution < 1.29 is 4.39 Å². The summed E-state index contributed by atoms with van der Waals surface area (Å²) in [5, 5.41) is 3.03. The van der Waals surface area contributed by atoms with E-state index in [2.05, 4.69) is 20.2 Å². The lowest BCUT2D eigenvalue weighted by atomic mass is 10.1. The van der Waals surface area contributed by atoms with Crippen molar-refractivity contribution in [3.8, 4) is 0 Å². The molecule has 18 heavy (non-hydrogen) atoms. The Labute approximate surface area is 108 Å². The van der Waals surface area contributed by atoms with Crippen molar-refractivity contribution in [3.63, 3.8) is 0 Å². The van der Waals surface area contributed by atoms with Gasteiger partial charge in [-0.3, -0.25) is 0 Å². The molecule has 0 aromatic carbocycles. The zero-order valence-corrected chi connectivity index (χ0v) is 11.2. The number of hydrogen-bond acceptors (Lipinski definition) is 4. The van der Waals surface area contributed by atoms with Gasteiger partial charge in [0.2, 0.25) is 5.95 Å². The molecule has 0 amide bonds. The molecule has 2 rings (SSSR count). The fourth-order valence-electron chi connectivity index (χ4n) is 2.14. The largest absolute Gasteiger partial charge is 0.367 e. The SMILES string of the molecule is CCCNc1nc(N2CCCCC2)nc(C)c1F. The number of halogens is 1. The van der Waals surface area contributed by atoms with E-state index in [9.17, 15) is 4.39 Å². The van der Waals surface area contributed by atoms with E-state index in [1.165, 1.54) is 6.42 Å². The number of nitrogens with one attached hydrogen (secondary N) is 1. The smallest absolute Gasteiger partial charge is 0.227 e. The van der Waals surface area contributed by atoms with E-state index >= 15 is 0 Å². The molecule has 0 unspecified atom stereocenters. The fraction of sp³-hybridized carbons (Fsp3) is 0.692. The van der Waals surface area contributed by atoms with E-state index < -0.39 is 0 Å². The average Bonchev–Trinajstić information content (AvgIpc) is 2.41. The second kappa shape index (κ2) is 5.98. The minimum atomic E-state index is -0.329. The van der Waals surface area contributed by atoms with Crippen molar-refractivity contribution in [2.24, 2.45) is 0 Å². The van der Waals surface area contributed by atoms with Crippen molar-refractivity contribution >= 4 is 11.8 Å². The Balaban J connectivity index is 2.22. The molecule has 1 N–H and O–H groups in total. The van der Waals surface area contributed by atoms with Crippen LogP contribution in [0.5, 0.6) is 0 Å². The first kappa shape index (κ1) is 13.1. The summed E-state index contributed by atoms with van der Waals surface area (Å²) in [6.45, 7) is 6.41. The van der Waals surface area contributed by atoms with Crippen molar-refractivity contribution in [1.82, 2.24) is 9.97 Å². The van der Waals surface area contributed by atoms with Crippen LogP contribution in [0.4, 0.5) is 16.2 Å². The van der Waals surface area contributed by atoms with E-state index in [4.69, 9.17) is 0 Å². The third-order valence-electron chi connectivity index (χ3n) is 3.19. The molecule has 0 atom stereocenters. The van der Waals surface area contributed by atoms with Gasteiger partial charge in [-0.15, -0.1) is 0 Å². The van der Waals surface area contributed by atoms with Gasteiger partial charge in [-0.1, -0.05) is 6.92 Å². The highest BCUT2D eigenvalue weighted by molar-refractivity contribution is 5.45. The average molecular weight is 252 g/mol. The molecule has 1 aliphatic heterocycles. The number of nitrogens with zero attached hydrogens (tertiary/aromatic N) is 3. The number of piperidine rings is 1. The van der Waals surface area contributed by atoms with Gasteiger partial charge in [0.25, 0.3) is 0 Å². The van der Waals surface area contributed by atoms with Gasteiger partial charge in [0.05, 0.1) is 5.69 Å². The van der Waals surface area contributed by atoms with E-state index in [1.54, 1.807) is 6.92 Å². The molecule has 1 fully saturated rings. The van der Waals surface area contributed by atoms with Gasteiger partial charge in [0.15, 0.2) is 11.6 Å². The van der Waals surface area contributed by atoms with Gasteiger partial charge in [0.1, 0.15) is 0 Å². The van der Waals surface area contributed by atoms with Crippen LogP contribution in [0.25, 0.3) is 0 Å². The topological polar surface area (TPSA) is 41.1 Å². The van der Waals surface area contributed by atoms with E-state index in [-0.39, 0.29) is 5.82 Å². The zero-order valence-electron chi connectivity index (χ0n) is 11.2. The Morgan fingerprint density at radius 1 is 1.22 bits per heavy atom. The fourth-order valence-corrected chi connectivity index (χ4v) is 2.14. The predicted octanol–water partition coefficient (Wildman–Crippen LogP) is 2.74. The molecular weight excluding hydrogens is 231 g/mol. The molecule has 5 heteroatoms. The number of aromatic nitrogens is 2. The van der Waals surface area contributed by atoms with Crippen LogP contribution in [-0.2, 0) is 0 Å². The van der Waals surface area contributed by atoms with Crippen LogP contribution in [0.3, 0.4) is 0 Å². The number of aryl methyl sites for hydroxylation is 1. The van der Waals surface area contributed by atoms with Gasteiger partial charge in [-0.25, -0.2) is 9.37 Å². The summed E-state index contributed by atoms with van der Waals surface area (Å²) in [6.07, 6.45) is 4.54. The lowest BCUT2D eigenvalue weighted by molar-refractivity contribution is 0.560. The molecule has 0 radical (unpaired) electrons. The highest BCUT2D eigenvalue weighted by Crippen LogP contribution is 2.21. The number of hydrogen-bond donors (Lipinski definition) is 1. The van der Waals surface area contributed by atoms with Crippen LogP contribution in [0, 0.1) is 12.7 Å². The van der Waals surface area contributed by atoms with Crippen molar-refractivity contribution in [2.75, 3.05) is 29.9 Å². The third kappa shape index (κ3) is 2.89. The summed E-state index contributed by atoms with van der Waals surface area (Å²) in [6, 6.07) is 0. The Kier molecular flexibility index (Phi) is 4.33. The number of anilines is 2. The van der Waals surface area contributed by atoms with E-state index in [0.29, 0.717) is 17.5 Å². The van der Waals surface area contributed by atoms with E-state index in [1.807, 2.05) is 6.92 Å². The summed E-state index contributed by atoms with van der Waals surface area (Å²) >= 11 is 0. The predicted molar refractivity (Wildman–Crippen MR) is 71.6 cm³/mol. The Bertz CT molecular complexity index is 402. The molecule has 2 heterocycles. The van der Waals surface area contributed by atoms with Gasteiger partial charge < -0.3 is 10.2 Å². The molecule has 1 aromatic heterocycles. The lowest BCUT2D eigenvalue weighted by Gasteiger charge is -2.27. The monoisotopic (exact) mass is 252 g/mol. The maximum Gasteiger partial charge on any atom is 0.227 e. The molecule has 4 nitrogen and oxygen atoms in total. The first-order valence-electron chi connectivity index (χ1n) is 6.75. The minimum absolute atomic E-state index is 0.329. The summed E-state index contributed by atoms with van der Waals surface area (Å²) in [7, 11) is 0. The second-order valence-electron chi connectivity index (χ2n) is 4.75. The summed E-state index contributed by atoms with van der Waals surface area (Å²) in [5.74, 6) is 0.668. The first-order chi connectivity index (χ1) is 8.72. The Morgan fingerprint density at radius 3 is 2.61 bits per heavy atom. The maximum atomic E-state index is 13.9. The zero-order chi connectivity index (χ0) is 13.0. The van der Waals surface area contributed by atoms with E-state index in [0.717, 1.165) is 38.9 Å². The summed E-state index contributed by atoms with van der Waals surface area (Å²) in [5.41, 5.74) is 0.421. The van der Waals surface area contributed by atoms with Gasteiger partial charge >= 0.3 is 0 Å². The van der Waals surface area contributed by atoms with Crippen molar-refractivity contribution in [3.05, 3.63) is 11.5 Å². The van der Waals surface area contributed by atoms with Crippen molar-refractivity contribution in [1.29, 1.82) is 0 Å². The third-order valence-corrected chi connectivity index (χ3v) is 3.19. The summed E-state index contributed by atoms with van der Waals surface area (Å²) < 4.78 is 13.9. The lowest BCUT2D eigenvalue weighted by Crippen LogP contribution is -2.31. The molecule has 1 saturated heterocycles. The van der Waals surface area contributed by atoms with Crippen LogP contribution in [0.2, 0.25) is 0 Å². The molecular formula is C13H21FN4. The molecule has 1 aliphatic rings. The minimum Gasteiger partial charge on any atom is -0.367 e. The maximum absolute atomic E-state index is 13.9. The van der Waals surface area contributed by atoms with Gasteiger partial charge in [-0.2, -0.15) is 4.98 Å². The van der Waals surface area contributed by atoms with Crippen molar-refractivity contribution in [2.45, 2.75) is 39.5 Å². The molecule has 100 valence electrons. The van der Waals surface area contributed by atoms with Crippen LogP contribution in [-0.4, -0.2) is 29.6 Å². The molecule has 0 bridgehead atoms. The van der Waals surface area contributed by atoms with Crippen LogP contribution >= 0.6 is 0 Å². The quantitative estimate of drug-likeness (QED) is 0.894. The Hall–Kier alpha value is -1.39. The van der Waals surface area contributed by atoms with Crippen LogP contribution in [0.1, 0.15) is 38.3 Å². The first-order valence-corrected chi connectivity index (χ1v) is 6.75. The highest BCUT2D eigenvalue weighted by Gasteiger charge is 2.17. The molecule has 0 saturated carbocycles. The van der Waals surface area contributed by atoms with Crippen LogP contribution < -0.4 is 10.2 Å². The summed E-state index contributed by atoms with van der Waals surface area (Å²) in [4.78, 5) is 10.7. The normalized spacial score (nSPS) is 15.8. The highest BCUT2D eigenvalue weighted by atomic mass is 19.1. The van der Waals surface area contributed by atoms with Crippen LogP contribution in [0.15, 0.2) is 0 Å².